The molecule has 1 N–H and O–H groups in total. The number of methoxy groups -OCH3 is 1. The Morgan fingerprint density at radius 2 is 2.15 bits per heavy atom. The molecule has 0 spiro atoms. The second-order valence-electron chi connectivity index (χ2n) is 7.04. The Bertz CT molecular complexity index is 1440. The number of thiazole rings is 1. The SMILES string of the molecule is C=CCn1c(SCC(=O)Nc2nc3ccc(OC)cc3s2)nnc1-c1cc2ccccc2o1. The summed E-state index contributed by atoms with van der Waals surface area (Å²) in [5.41, 5.74) is 1.59. The number of hydrogen-bond acceptors (Lipinski definition) is 8. The van der Waals surface area contributed by atoms with Crippen molar-refractivity contribution >= 4 is 55.3 Å². The third-order valence-corrected chi connectivity index (χ3v) is 6.75. The first kappa shape index (κ1) is 21.2. The lowest BCUT2D eigenvalue weighted by Crippen LogP contribution is -2.14. The fourth-order valence-corrected chi connectivity index (χ4v) is 4.99. The number of thioether (sulfide) groups is 1. The van der Waals surface area contributed by atoms with Gasteiger partial charge in [-0.05, 0) is 30.3 Å². The number of carbonyl (C=O) groups is 1. The second kappa shape index (κ2) is 9.08. The van der Waals surface area contributed by atoms with Gasteiger partial charge in [-0.25, -0.2) is 4.98 Å². The van der Waals surface area contributed by atoms with Crippen molar-refractivity contribution in [2.45, 2.75) is 11.7 Å². The molecule has 33 heavy (non-hydrogen) atoms. The van der Waals surface area contributed by atoms with Crippen molar-refractivity contribution in [3.63, 3.8) is 0 Å². The van der Waals surface area contributed by atoms with E-state index in [-0.39, 0.29) is 11.7 Å². The number of aromatic nitrogens is 4. The van der Waals surface area contributed by atoms with Crippen molar-refractivity contribution < 1.29 is 13.9 Å². The third kappa shape index (κ3) is 4.35. The van der Waals surface area contributed by atoms with Gasteiger partial charge in [0.15, 0.2) is 16.0 Å². The first-order valence-electron chi connectivity index (χ1n) is 10.0. The molecule has 10 heteroatoms. The normalized spacial score (nSPS) is 11.2. The Morgan fingerprint density at radius 1 is 1.27 bits per heavy atom. The minimum Gasteiger partial charge on any atom is -0.497 e. The molecular weight excluding hydrogens is 458 g/mol. The number of carbonyl (C=O) groups excluding carboxylic acids is 1. The molecule has 0 fully saturated rings. The lowest BCUT2D eigenvalue weighted by molar-refractivity contribution is -0.113. The zero-order valence-corrected chi connectivity index (χ0v) is 19.3. The molecule has 0 atom stereocenters. The lowest BCUT2D eigenvalue weighted by atomic mass is 10.2. The minimum absolute atomic E-state index is 0.161. The van der Waals surface area contributed by atoms with E-state index >= 15 is 0 Å². The monoisotopic (exact) mass is 477 g/mol. The van der Waals surface area contributed by atoms with Crippen molar-refractivity contribution in [2.75, 3.05) is 18.2 Å². The molecule has 0 aliphatic heterocycles. The summed E-state index contributed by atoms with van der Waals surface area (Å²) in [5.74, 6) is 1.95. The number of furan rings is 1. The Hall–Kier alpha value is -3.63. The van der Waals surface area contributed by atoms with Gasteiger partial charge in [0.2, 0.25) is 11.7 Å². The highest BCUT2D eigenvalue weighted by molar-refractivity contribution is 7.99. The fraction of sp³-hybridized carbons (Fsp3) is 0.130. The number of fused-ring (bicyclic) bond motifs is 2. The average molecular weight is 478 g/mol. The van der Waals surface area contributed by atoms with Crippen LogP contribution in [0.2, 0.25) is 0 Å². The number of amides is 1. The Morgan fingerprint density at radius 3 is 2.97 bits per heavy atom. The number of hydrogen-bond donors (Lipinski definition) is 1. The van der Waals surface area contributed by atoms with E-state index in [2.05, 4.69) is 27.1 Å². The Balaban J connectivity index is 1.31. The largest absolute Gasteiger partial charge is 0.497 e. The summed E-state index contributed by atoms with van der Waals surface area (Å²) < 4.78 is 14.0. The summed E-state index contributed by atoms with van der Waals surface area (Å²) in [6, 6.07) is 15.3. The molecule has 0 aliphatic rings. The van der Waals surface area contributed by atoms with Crippen LogP contribution in [-0.4, -0.2) is 38.5 Å². The summed E-state index contributed by atoms with van der Waals surface area (Å²) >= 11 is 2.69. The minimum atomic E-state index is -0.176. The average Bonchev–Trinajstić information content (AvgIpc) is 3.53. The summed E-state index contributed by atoms with van der Waals surface area (Å²) in [4.78, 5) is 17.0. The van der Waals surface area contributed by atoms with E-state index in [0.29, 0.717) is 28.4 Å². The van der Waals surface area contributed by atoms with E-state index < -0.39 is 0 Å². The summed E-state index contributed by atoms with van der Waals surface area (Å²) in [5, 5.41) is 13.6. The fourth-order valence-electron chi connectivity index (χ4n) is 3.33. The molecule has 0 aliphatic carbocycles. The van der Waals surface area contributed by atoms with Gasteiger partial charge in [0, 0.05) is 11.9 Å². The number of anilines is 1. The molecule has 0 radical (unpaired) electrons. The topological polar surface area (TPSA) is 95.1 Å². The van der Waals surface area contributed by atoms with Gasteiger partial charge in [-0.3, -0.25) is 9.36 Å². The molecule has 1 amide bonds. The number of nitrogens with one attached hydrogen (secondary N) is 1. The van der Waals surface area contributed by atoms with Gasteiger partial charge in [-0.15, -0.1) is 16.8 Å². The molecule has 0 saturated carbocycles. The predicted octanol–water partition coefficient (Wildman–Crippen LogP) is 5.23. The first-order chi connectivity index (χ1) is 16.1. The third-order valence-electron chi connectivity index (χ3n) is 4.85. The van der Waals surface area contributed by atoms with E-state index in [0.717, 1.165) is 26.9 Å². The van der Waals surface area contributed by atoms with E-state index in [1.165, 1.54) is 23.1 Å². The van der Waals surface area contributed by atoms with Crippen molar-refractivity contribution in [3.8, 4) is 17.3 Å². The number of ether oxygens (including phenoxy) is 1. The maximum Gasteiger partial charge on any atom is 0.236 e. The molecule has 5 aromatic rings. The van der Waals surface area contributed by atoms with Crippen LogP contribution in [0.4, 0.5) is 5.13 Å². The van der Waals surface area contributed by atoms with Gasteiger partial charge in [-0.2, -0.15) is 0 Å². The highest BCUT2D eigenvalue weighted by Crippen LogP contribution is 2.31. The van der Waals surface area contributed by atoms with Crippen LogP contribution < -0.4 is 10.1 Å². The molecule has 5 rings (SSSR count). The molecule has 8 nitrogen and oxygen atoms in total. The number of rotatable bonds is 8. The van der Waals surface area contributed by atoms with Crippen LogP contribution in [0.1, 0.15) is 0 Å². The van der Waals surface area contributed by atoms with Crippen molar-refractivity contribution in [1.29, 1.82) is 0 Å². The van der Waals surface area contributed by atoms with Crippen LogP contribution in [0.3, 0.4) is 0 Å². The quantitative estimate of drug-likeness (QED) is 0.242. The van der Waals surface area contributed by atoms with Gasteiger partial charge >= 0.3 is 0 Å². The maximum absolute atomic E-state index is 12.6. The molecule has 0 bridgehead atoms. The first-order valence-corrected chi connectivity index (χ1v) is 11.8. The van der Waals surface area contributed by atoms with Crippen LogP contribution in [0.15, 0.2) is 70.8 Å². The number of allylic oxidation sites excluding steroid dienone is 1. The molecular formula is C23H19N5O3S2. The van der Waals surface area contributed by atoms with Gasteiger partial charge in [0.25, 0.3) is 0 Å². The zero-order valence-electron chi connectivity index (χ0n) is 17.6. The molecule has 166 valence electrons. The lowest BCUT2D eigenvalue weighted by Gasteiger charge is -2.06. The van der Waals surface area contributed by atoms with Gasteiger partial charge in [0.05, 0.1) is 23.1 Å². The smallest absolute Gasteiger partial charge is 0.236 e. The molecule has 0 unspecified atom stereocenters. The van der Waals surface area contributed by atoms with E-state index in [9.17, 15) is 4.79 Å². The summed E-state index contributed by atoms with van der Waals surface area (Å²) in [6.07, 6.45) is 1.76. The number of para-hydroxylation sites is 1. The Kier molecular flexibility index (Phi) is 5.84. The number of benzene rings is 2. The molecule has 3 heterocycles. The number of nitrogens with zero attached hydrogens (tertiary/aromatic N) is 4. The zero-order chi connectivity index (χ0) is 22.8. The van der Waals surface area contributed by atoms with E-state index in [1.807, 2.05) is 53.1 Å². The highest BCUT2D eigenvalue weighted by atomic mass is 32.2. The van der Waals surface area contributed by atoms with Gasteiger partial charge in [-0.1, -0.05) is 47.4 Å². The Labute approximate surface area is 197 Å². The van der Waals surface area contributed by atoms with Gasteiger partial charge < -0.3 is 14.5 Å². The highest BCUT2D eigenvalue weighted by Gasteiger charge is 2.18. The van der Waals surface area contributed by atoms with Crippen molar-refractivity contribution in [3.05, 3.63) is 61.2 Å². The molecule has 2 aromatic carbocycles. The second-order valence-corrected chi connectivity index (χ2v) is 9.02. The van der Waals surface area contributed by atoms with Crippen molar-refractivity contribution in [2.24, 2.45) is 0 Å². The maximum atomic E-state index is 12.6. The van der Waals surface area contributed by atoms with Crippen LogP contribution in [0, 0.1) is 0 Å². The van der Waals surface area contributed by atoms with Crippen molar-refractivity contribution in [1.82, 2.24) is 19.7 Å². The standard InChI is InChI=1S/C23H19N5O3S2/c1-3-10-28-21(18-11-14-6-4-5-7-17(14)31-18)26-27-23(28)32-13-20(29)25-22-24-16-9-8-15(30-2)12-19(16)33-22/h3-9,11-12H,1,10,13H2,2H3,(H,24,25,29). The van der Waals surface area contributed by atoms with Crippen LogP contribution in [0.5, 0.6) is 5.75 Å². The summed E-state index contributed by atoms with van der Waals surface area (Å²) in [7, 11) is 1.62. The van der Waals surface area contributed by atoms with E-state index in [1.54, 1.807) is 13.2 Å². The van der Waals surface area contributed by atoms with Crippen LogP contribution in [-0.2, 0) is 11.3 Å². The summed E-state index contributed by atoms with van der Waals surface area (Å²) in [6.45, 7) is 4.32. The predicted molar refractivity (Wildman–Crippen MR) is 131 cm³/mol. The van der Waals surface area contributed by atoms with E-state index in [4.69, 9.17) is 9.15 Å². The van der Waals surface area contributed by atoms with Crippen LogP contribution >= 0.6 is 23.1 Å². The molecule has 3 aromatic heterocycles. The van der Waals surface area contributed by atoms with Crippen LogP contribution in [0.25, 0.3) is 32.8 Å². The van der Waals surface area contributed by atoms with Gasteiger partial charge in [0.1, 0.15) is 11.3 Å². The molecule has 0 saturated heterocycles.